The predicted molar refractivity (Wildman–Crippen MR) is 102 cm³/mol. The van der Waals surface area contributed by atoms with Gasteiger partial charge in [0.05, 0.1) is 11.0 Å². The van der Waals surface area contributed by atoms with Gasteiger partial charge in [-0.2, -0.15) is 0 Å². The SMILES string of the molecule is CCn1c(=O)n(CC(=O)NCCC(=O)Nc2ccccn2)c2ccccc21. The zero-order chi connectivity index (χ0) is 19.2. The smallest absolute Gasteiger partial charge is 0.329 e. The van der Waals surface area contributed by atoms with Crippen molar-refractivity contribution < 1.29 is 9.59 Å². The number of anilines is 1. The molecule has 0 atom stereocenters. The zero-order valence-electron chi connectivity index (χ0n) is 15.0. The summed E-state index contributed by atoms with van der Waals surface area (Å²) in [4.78, 5) is 40.6. The number of nitrogens with one attached hydrogen (secondary N) is 2. The fourth-order valence-corrected chi connectivity index (χ4v) is 2.89. The number of hydrogen-bond donors (Lipinski definition) is 2. The highest BCUT2D eigenvalue weighted by Gasteiger charge is 2.14. The highest BCUT2D eigenvalue weighted by Crippen LogP contribution is 2.12. The Morgan fingerprint density at radius 3 is 2.37 bits per heavy atom. The summed E-state index contributed by atoms with van der Waals surface area (Å²) in [7, 11) is 0. The summed E-state index contributed by atoms with van der Waals surface area (Å²) in [5.41, 5.74) is 1.29. The minimum atomic E-state index is -0.318. The van der Waals surface area contributed by atoms with E-state index < -0.39 is 0 Å². The number of benzene rings is 1. The lowest BCUT2D eigenvalue weighted by atomic mass is 10.3. The van der Waals surface area contributed by atoms with E-state index in [1.165, 1.54) is 4.57 Å². The monoisotopic (exact) mass is 367 g/mol. The third-order valence-corrected chi connectivity index (χ3v) is 4.15. The molecule has 2 heterocycles. The van der Waals surface area contributed by atoms with Crippen molar-refractivity contribution >= 4 is 28.7 Å². The first-order valence-electron chi connectivity index (χ1n) is 8.75. The molecule has 0 saturated carbocycles. The molecule has 0 fully saturated rings. The molecule has 0 bridgehead atoms. The van der Waals surface area contributed by atoms with E-state index in [4.69, 9.17) is 0 Å². The van der Waals surface area contributed by atoms with Gasteiger partial charge >= 0.3 is 5.69 Å². The van der Waals surface area contributed by atoms with Crippen LogP contribution in [-0.4, -0.2) is 32.5 Å². The van der Waals surface area contributed by atoms with Gasteiger partial charge in [-0.05, 0) is 31.2 Å². The number of pyridine rings is 1. The molecule has 0 saturated heterocycles. The number of hydrogen-bond acceptors (Lipinski definition) is 4. The molecule has 0 radical (unpaired) electrons. The predicted octanol–water partition coefficient (Wildman–Crippen LogP) is 1.36. The normalized spacial score (nSPS) is 10.7. The van der Waals surface area contributed by atoms with Crippen LogP contribution in [0.3, 0.4) is 0 Å². The molecule has 3 rings (SSSR count). The Morgan fingerprint density at radius 1 is 1.00 bits per heavy atom. The van der Waals surface area contributed by atoms with E-state index in [9.17, 15) is 14.4 Å². The van der Waals surface area contributed by atoms with Crippen LogP contribution in [0.5, 0.6) is 0 Å². The molecular weight excluding hydrogens is 346 g/mol. The summed E-state index contributed by atoms with van der Waals surface area (Å²) in [6.45, 7) is 2.51. The van der Waals surface area contributed by atoms with Gasteiger partial charge < -0.3 is 10.6 Å². The molecule has 0 unspecified atom stereocenters. The van der Waals surface area contributed by atoms with Crippen molar-refractivity contribution in [3.8, 4) is 0 Å². The van der Waals surface area contributed by atoms with E-state index in [0.717, 1.165) is 5.52 Å². The Bertz CT molecular complexity index is 1010. The lowest BCUT2D eigenvalue weighted by Crippen LogP contribution is -2.34. The third-order valence-electron chi connectivity index (χ3n) is 4.15. The molecule has 2 N–H and O–H groups in total. The van der Waals surface area contributed by atoms with Crippen molar-refractivity contribution in [1.82, 2.24) is 19.4 Å². The van der Waals surface area contributed by atoms with E-state index in [0.29, 0.717) is 17.9 Å². The number of rotatable bonds is 7. The van der Waals surface area contributed by atoms with Crippen molar-refractivity contribution in [2.24, 2.45) is 0 Å². The molecule has 140 valence electrons. The molecule has 0 aliphatic heterocycles. The number of carbonyl (C=O) groups excluding carboxylic acids is 2. The molecule has 0 aliphatic rings. The molecule has 1 aromatic carbocycles. The molecule has 3 aromatic rings. The Balaban J connectivity index is 1.57. The van der Waals surface area contributed by atoms with Crippen LogP contribution in [-0.2, 0) is 22.7 Å². The minimum Gasteiger partial charge on any atom is -0.354 e. The van der Waals surface area contributed by atoms with Gasteiger partial charge in [0.2, 0.25) is 11.8 Å². The molecule has 8 heteroatoms. The van der Waals surface area contributed by atoms with Crippen LogP contribution in [0.4, 0.5) is 5.82 Å². The number of aromatic nitrogens is 3. The number of fused-ring (bicyclic) bond motifs is 1. The first-order valence-corrected chi connectivity index (χ1v) is 8.75. The highest BCUT2D eigenvalue weighted by molar-refractivity contribution is 5.90. The van der Waals surface area contributed by atoms with Gasteiger partial charge in [-0.1, -0.05) is 18.2 Å². The number of aryl methyl sites for hydroxylation is 1. The van der Waals surface area contributed by atoms with Gasteiger partial charge in [-0.15, -0.1) is 0 Å². The zero-order valence-corrected chi connectivity index (χ0v) is 15.0. The molecule has 0 aliphatic carbocycles. The number of carbonyl (C=O) groups is 2. The second-order valence-electron chi connectivity index (χ2n) is 5.96. The molecular formula is C19H21N5O3. The van der Waals surface area contributed by atoms with Crippen molar-refractivity contribution in [2.45, 2.75) is 26.4 Å². The van der Waals surface area contributed by atoms with E-state index >= 15 is 0 Å². The minimum absolute atomic E-state index is 0.0891. The third kappa shape index (κ3) is 4.22. The Morgan fingerprint density at radius 2 is 1.70 bits per heavy atom. The fraction of sp³-hybridized carbons (Fsp3) is 0.263. The van der Waals surface area contributed by atoms with Crippen molar-refractivity contribution in [3.63, 3.8) is 0 Å². The standard InChI is InChI=1S/C19H21N5O3/c1-2-23-14-7-3-4-8-15(14)24(19(23)27)13-18(26)21-12-10-17(25)22-16-9-5-6-11-20-16/h3-9,11H,2,10,12-13H2,1H3,(H,21,26)(H,20,22,25). The van der Waals surface area contributed by atoms with Crippen LogP contribution >= 0.6 is 0 Å². The van der Waals surface area contributed by atoms with Crippen molar-refractivity contribution in [2.75, 3.05) is 11.9 Å². The second-order valence-corrected chi connectivity index (χ2v) is 5.96. The summed E-state index contributed by atoms with van der Waals surface area (Å²) in [6, 6.07) is 12.6. The lowest BCUT2D eigenvalue weighted by Gasteiger charge is -2.07. The number of amides is 2. The maximum Gasteiger partial charge on any atom is 0.329 e. The first kappa shape index (κ1) is 18.4. The maximum atomic E-state index is 12.5. The summed E-state index contributed by atoms with van der Waals surface area (Å²) in [6.07, 6.45) is 1.70. The summed E-state index contributed by atoms with van der Waals surface area (Å²) in [5, 5.41) is 5.33. The second kappa shape index (κ2) is 8.31. The fourth-order valence-electron chi connectivity index (χ4n) is 2.89. The van der Waals surface area contributed by atoms with E-state index in [1.54, 1.807) is 29.0 Å². The van der Waals surface area contributed by atoms with Crippen molar-refractivity contribution in [1.29, 1.82) is 0 Å². The molecule has 27 heavy (non-hydrogen) atoms. The molecule has 8 nitrogen and oxygen atoms in total. The Labute approximate surface area is 155 Å². The molecule has 0 spiro atoms. The number of nitrogens with zero attached hydrogens (tertiary/aromatic N) is 3. The van der Waals surface area contributed by atoms with Crippen LogP contribution in [0, 0.1) is 0 Å². The van der Waals surface area contributed by atoms with Gasteiger partial charge in [-0.3, -0.25) is 18.7 Å². The average molecular weight is 367 g/mol. The quantitative estimate of drug-likeness (QED) is 0.659. The van der Waals surface area contributed by atoms with Crippen LogP contribution < -0.4 is 16.3 Å². The summed E-state index contributed by atoms with van der Waals surface area (Å²) >= 11 is 0. The maximum absolute atomic E-state index is 12.5. The van der Waals surface area contributed by atoms with Gasteiger partial charge in [0.15, 0.2) is 0 Å². The summed E-state index contributed by atoms with van der Waals surface area (Å²) < 4.78 is 3.07. The number of imidazole rings is 1. The van der Waals surface area contributed by atoms with E-state index in [2.05, 4.69) is 15.6 Å². The van der Waals surface area contributed by atoms with Gasteiger partial charge in [-0.25, -0.2) is 9.78 Å². The van der Waals surface area contributed by atoms with Gasteiger partial charge in [0, 0.05) is 25.7 Å². The van der Waals surface area contributed by atoms with Crippen LogP contribution in [0.25, 0.3) is 11.0 Å². The lowest BCUT2D eigenvalue weighted by molar-refractivity contribution is -0.121. The first-order chi connectivity index (χ1) is 13.1. The van der Waals surface area contributed by atoms with Crippen LogP contribution in [0.1, 0.15) is 13.3 Å². The molecule has 2 aromatic heterocycles. The molecule has 2 amide bonds. The average Bonchev–Trinajstić information content (AvgIpc) is 2.94. The van der Waals surface area contributed by atoms with E-state index in [1.807, 2.05) is 31.2 Å². The largest absolute Gasteiger partial charge is 0.354 e. The van der Waals surface area contributed by atoms with Gasteiger partial charge in [0.25, 0.3) is 0 Å². The topological polar surface area (TPSA) is 98.0 Å². The van der Waals surface area contributed by atoms with Gasteiger partial charge in [0.1, 0.15) is 12.4 Å². The summed E-state index contributed by atoms with van der Waals surface area (Å²) in [5.74, 6) is -0.0942. The van der Waals surface area contributed by atoms with E-state index in [-0.39, 0.29) is 37.0 Å². The Hall–Kier alpha value is -3.42. The highest BCUT2D eigenvalue weighted by atomic mass is 16.2. The van der Waals surface area contributed by atoms with Crippen LogP contribution in [0.2, 0.25) is 0 Å². The van der Waals surface area contributed by atoms with Crippen LogP contribution in [0.15, 0.2) is 53.5 Å². The van der Waals surface area contributed by atoms with Crippen molar-refractivity contribution in [3.05, 3.63) is 59.1 Å². The number of para-hydroxylation sites is 2. The Kier molecular flexibility index (Phi) is 5.65.